The lowest BCUT2D eigenvalue weighted by molar-refractivity contribution is -0.122. The van der Waals surface area contributed by atoms with Crippen LogP contribution in [0.2, 0.25) is 5.02 Å². The zero-order valence-corrected chi connectivity index (χ0v) is 22.4. The van der Waals surface area contributed by atoms with Crippen LogP contribution in [0.4, 0.5) is 5.82 Å². The molecule has 1 aliphatic heterocycles. The van der Waals surface area contributed by atoms with Crippen molar-refractivity contribution in [2.75, 3.05) is 19.0 Å². The Hall–Kier alpha value is -3.85. The Morgan fingerprint density at radius 2 is 1.90 bits per heavy atom. The van der Waals surface area contributed by atoms with Crippen molar-refractivity contribution in [1.29, 1.82) is 0 Å². The van der Waals surface area contributed by atoms with Gasteiger partial charge in [0.05, 0.1) is 25.5 Å². The second-order valence-electron chi connectivity index (χ2n) is 10.1. The van der Waals surface area contributed by atoms with Gasteiger partial charge in [0.1, 0.15) is 0 Å². The minimum atomic E-state index is -0.617. The summed E-state index contributed by atoms with van der Waals surface area (Å²) in [7, 11) is 1.50. The number of nitrogens with one attached hydrogen (secondary N) is 1. The molecular weight excluding hydrogens is 518 g/mol. The minimum absolute atomic E-state index is 0.0244. The zero-order chi connectivity index (χ0) is 27.4. The molecule has 0 spiro atoms. The summed E-state index contributed by atoms with van der Waals surface area (Å²) >= 11 is 6.20. The van der Waals surface area contributed by atoms with E-state index in [4.69, 9.17) is 16.3 Å². The van der Waals surface area contributed by atoms with Crippen LogP contribution in [-0.4, -0.2) is 57.1 Å². The first-order valence-corrected chi connectivity index (χ1v) is 13.5. The fraction of sp³-hybridized carbons (Fsp3) is 0.379. The van der Waals surface area contributed by atoms with Gasteiger partial charge in [0.2, 0.25) is 11.8 Å². The number of fused-ring (bicyclic) bond motifs is 1. The van der Waals surface area contributed by atoms with E-state index in [9.17, 15) is 14.4 Å². The lowest BCUT2D eigenvalue weighted by Crippen LogP contribution is -2.48. The van der Waals surface area contributed by atoms with E-state index in [1.54, 1.807) is 29.3 Å². The molecule has 3 aromatic rings. The van der Waals surface area contributed by atoms with Crippen molar-refractivity contribution in [1.82, 2.24) is 19.9 Å². The number of rotatable bonds is 7. The van der Waals surface area contributed by atoms with E-state index in [0.717, 1.165) is 18.5 Å². The Kier molecular flexibility index (Phi) is 8.16. The average Bonchev–Trinajstić information content (AvgIpc) is 3.04. The number of benzene rings is 1. The normalized spacial score (nSPS) is 21.2. The number of aromatic nitrogens is 3. The maximum Gasteiger partial charge on any atom is 0.254 e. The molecule has 0 saturated heterocycles. The summed E-state index contributed by atoms with van der Waals surface area (Å²) in [6.45, 7) is 0.447. The molecule has 5 rings (SSSR count). The van der Waals surface area contributed by atoms with E-state index < -0.39 is 6.04 Å². The lowest BCUT2D eigenvalue weighted by Gasteiger charge is -2.35. The van der Waals surface area contributed by atoms with Gasteiger partial charge in [0, 0.05) is 47.8 Å². The van der Waals surface area contributed by atoms with Crippen molar-refractivity contribution in [2.24, 2.45) is 11.8 Å². The Morgan fingerprint density at radius 1 is 1.08 bits per heavy atom. The molecule has 2 aliphatic rings. The molecule has 1 saturated carbocycles. The van der Waals surface area contributed by atoms with Crippen molar-refractivity contribution < 1.29 is 19.1 Å². The van der Waals surface area contributed by atoms with Crippen LogP contribution in [0.5, 0.6) is 5.88 Å². The summed E-state index contributed by atoms with van der Waals surface area (Å²) in [6.07, 6.45) is 8.05. The molecule has 2 aromatic heterocycles. The summed E-state index contributed by atoms with van der Waals surface area (Å²) < 4.78 is 5.01. The van der Waals surface area contributed by atoms with Gasteiger partial charge in [0.25, 0.3) is 5.91 Å². The molecule has 10 heteroatoms. The molecule has 1 aromatic carbocycles. The molecule has 9 nitrogen and oxygen atoms in total. The molecular formula is C29H30ClN5O4. The minimum Gasteiger partial charge on any atom is -0.480 e. The second-order valence-corrected chi connectivity index (χ2v) is 10.5. The number of hydrogen-bond acceptors (Lipinski definition) is 7. The van der Waals surface area contributed by atoms with Crippen molar-refractivity contribution >= 4 is 35.0 Å². The number of halogens is 1. The Balaban J connectivity index is 1.28. The van der Waals surface area contributed by atoms with E-state index >= 15 is 0 Å². The second kappa shape index (κ2) is 11.9. The van der Waals surface area contributed by atoms with Gasteiger partial charge in [-0.2, -0.15) is 0 Å². The van der Waals surface area contributed by atoms with Crippen LogP contribution >= 0.6 is 11.6 Å². The molecule has 1 fully saturated rings. The molecule has 1 N–H and O–H groups in total. The molecule has 0 radical (unpaired) electrons. The van der Waals surface area contributed by atoms with E-state index in [1.807, 2.05) is 18.2 Å². The summed E-state index contributed by atoms with van der Waals surface area (Å²) in [5, 5.41) is 3.34. The van der Waals surface area contributed by atoms with Gasteiger partial charge in [0.15, 0.2) is 11.6 Å². The number of ketones is 1. The predicted octanol–water partition coefficient (Wildman–Crippen LogP) is 4.16. The van der Waals surface area contributed by atoms with Gasteiger partial charge in [-0.25, -0.2) is 9.97 Å². The number of ether oxygens (including phenoxy) is 1. The number of nitrogens with zero attached hydrogens (tertiary/aromatic N) is 4. The number of carbonyl (C=O) groups is 3. The van der Waals surface area contributed by atoms with Crippen molar-refractivity contribution in [3.05, 3.63) is 76.8 Å². The third-order valence-corrected chi connectivity index (χ3v) is 7.80. The first-order valence-electron chi connectivity index (χ1n) is 13.1. The fourth-order valence-electron chi connectivity index (χ4n) is 5.44. The van der Waals surface area contributed by atoms with Gasteiger partial charge >= 0.3 is 0 Å². The van der Waals surface area contributed by atoms with Crippen LogP contribution in [0.3, 0.4) is 0 Å². The third-order valence-electron chi connectivity index (χ3n) is 7.56. The molecule has 1 atom stereocenters. The van der Waals surface area contributed by atoms with Gasteiger partial charge in [-0.3, -0.25) is 19.4 Å². The Labute approximate surface area is 232 Å². The lowest BCUT2D eigenvalue weighted by atomic mass is 9.81. The molecule has 3 heterocycles. The summed E-state index contributed by atoms with van der Waals surface area (Å²) in [5.41, 5.74) is 1.94. The quantitative estimate of drug-likeness (QED) is 0.472. The summed E-state index contributed by atoms with van der Waals surface area (Å²) in [4.78, 5) is 54.5. The predicted molar refractivity (Wildman–Crippen MR) is 146 cm³/mol. The number of Topliss-reactive ketones (excluding diaryl/α,β-unsaturated/α-hetero) is 1. The van der Waals surface area contributed by atoms with E-state index in [0.29, 0.717) is 53.7 Å². The summed E-state index contributed by atoms with van der Waals surface area (Å²) in [5.74, 6) is 0.503. The SMILES string of the molecule is COc1cnc(NC(=O)C2CCC(CN3C(=O)c4ccc(Cl)cc4CC(=O)[C@H]3Cc3ccccn3)CC2)cn1. The van der Waals surface area contributed by atoms with Crippen LogP contribution in [-0.2, 0) is 22.4 Å². The molecule has 0 bridgehead atoms. The maximum absolute atomic E-state index is 13.8. The van der Waals surface area contributed by atoms with Gasteiger partial charge in [-0.15, -0.1) is 0 Å². The number of amides is 2. The van der Waals surface area contributed by atoms with Gasteiger partial charge in [-0.05, 0) is 67.5 Å². The molecule has 2 amide bonds. The zero-order valence-electron chi connectivity index (χ0n) is 21.7. The van der Waals surface area contributed by atoms with Crippen LogP contribution < -0.4 is 10.1 Å². The number of pyridine rings is 1. The first-order chi connectivity index (χ1) is 18.9. The number of anilines is 1. The van der Waals surface area contributed by atoms with Crippen molar-refractivity contribution in [3.63, 3.8) is 0 Å². The topological polar surface area (TPSA) is 114 Å². The summed E-state index contributed by atoms with van der Waals surface area (Å²) in [6, 6.07) is 10.1. The molecule has 202 valence electrons. The highest BCUT2D eigenvalue weighted by atomic mass is 35.5. The van der Waals surface area contributed by atoms with E-state index in [-0.39, 0.29) is 35.9 Å². The van der Waals surface area contributed by atoms with E-state index in [2.05, 4.69) is 20.3 Å². The van der Waals surface area contributed by atoms with E-state index in [1.165, 1.54) is 19.5 Å². The third kappa shape index (κ3) is 6.25. The molecule has 39 heavy (non-hydrogen) atoms. The highest BCUT2D eigenvalue weighted by Crippen LogP contribution is 2.33. The maximum atomic E-state index is 13.8. The molecule has 0 unspecified atom stereocenters. The number of methoxy groups -OCH3 is 1. The number of hydrogen-bond donors (Lipinski definition) is 1. The number of carbonyl (C=O) groups excluding carboxylic acids is 3. The largest absolute Gasteiger partial charge is 0.480 e. The van der Waals surface area contributed by atoms with Crippen molar-refractivity contribution in [3.8, 4) is 5.88 Å². The highest BCUT2D eigenvalue weighted by Gasteiger charge is 2.38. The van der Waals surface area contributed by atoms with Crippen LogP contribution in [0.25, 0.3) is 0 Å². The van der Waals surface area contributed by atoms with Crippen LogP contribution in [0.1, 0.15) is 47.3 Å². The standard InChI is InChI=1S/C29H30ClN5O4/c1-39-27-16-32-26(15-33-27)34-28(37)19-7-5-18(6-8-19)17-35-24(14-22-4-2-3-11-31-22)25(36)13-20-12-21(30)9-10-23(20)29(35)38/h2-4,9-12,15-16,18-19,24H,5-8,13-14,17H2,1H3,(H,32,34,37)/t18?,19?,24-/m1/s1. The molecule has 1 aliphatic carbocycles. The Morgan fingerprint density at radius 3 is 2.59 bits per heavy atom. The Bertz CT molecular complexity index is 1340. The fourth-order valence-corrected chi connectivity index (χ4v) is 5.64. The monoisotopic (exact) mass is 547 g/mol. The highest BCUT2D eigenvalue weighted by molar-refractivity contribution is 6.30. The van der Waals surface area contributed by atoms with Gasteiger partial charge in [-0.1, -0.05) is 17.7 Å². The smallest absolute Gasteiger partial charge is 0.254 e. The van der Waals surface area contributed by atoms with Crippen molar-refractivity contribution in [2.45, 2.75) is 44.6 Å². The van der Waals surface area contributed by atoms with Crippen LogP contribution in [0.15, 0.2) is 55.0 Å². The van der Waals surface area contributed by atoms with Crippen LogP contribution in [0, 0.1) is 11.8 Å². The van der Waals surface area contributed by atoms with Gasteiger partial charge < -0.3 is 15.0 Å². The average molecular weight is 548 g/mol. The first kappa shape index (κ1) is 26.7.